The van der Waals surface area contributed by atoms with Crippen LogP contribution in [0.15, 0.2) is 22.7 Å². The normalized spacial score (nSPS) is 28.3. The van der Waals surface area contributed by atoms with Gasteiger partial charge in [-0.05, 0) is 42.0 Å². The van der Waals surface area contributed by atoms with Crippen molar-refractivity contribution in [3.8, 4) is 0 Å². The van der Waals surface area contributed by atoms with E-state index in [9.17, 15) is 0 Å². The molecule has 0 aliphatic carbocycles. The highest BCUT2D eigenvalue weighted by Crippen LogP contribution is 2.31. The molecular weight excluding hydrogens is 288 g/mol. The van der Waals surface area contributed by atoms with Crippen LogP contribution < -0.4 is 5.32 Å². The third-order valence-electron chi connectivity index (χ3n) is 4.36. The lowest BCUT2D eigenvalue weighted by Crippen LogP contribution is -2.40. The van der Waals surface area contributed by atoms with Crippen molar-refractivity contribution in [3.63, 3.8) is 0 Å². The fourth-order valence-corrected chi connectivity index (χ4v) is 3.81. The summed E-state index contributed by atoms with van der Waals surface area (Å²) in [5, 5.41) is 3.50. The second kappa shape index (κ2) is 4.95. The van der Waals surface area contributed by atoms with Gasteiger partial charge in [-0.3, -0.25) is 4.90 Å². The van der Waals surface area contributed by atoms with E-state index in [-0.39, 0.29) is 0 Å². The molecule has 2 aliphatic rings. The van der Waals surface area contributed by atoms with Crippen LogP contribution in [0.4, 0.5) is 0 Å². The number of rotatable bonds is 2. The molecule has 0 aromatic heterocycles. The van der Waals surface area contributed by atoms with Crippen molar-refractivity contribution in [2.24, 2.45) is 5.41 Å². The summed E-state index contributed by atoms with van der Waals surface area (Å²) < 4.78 is 1.28. The maximum atomic E-state index is 3.70. The zero-order valence-corrected chi connectivity index (χ0v) is 12.6. The molecule has 1 unspecified atom stereocenters. The molecule has 3 heteroatoms. The van der Waals surface area contributed by atoms with E-state index >= 15 is 0 Å². The van der Waals surface area contributed by atoms with E-state index in [2.05, 4.69) is 51.3 Å². The first-order valence-corrected chi connectivity index (χ1v) is 7.65. The lowest BCUT2D eigenvalue weighted by atomic mass is 9.88. The monoisotopic (exact) mass is 308 g/mol. The average Bonchev–Trinajstić information content (AvgIpc) is 2.77. The van der Waals surface area contributed by atoms with Crippen molar-refractivity contribution in [2.45, 2.75) is 26.3 Å². The van der Waals surface area contributed by atoms with Crippen molar-refractivity contribution in [2.75, 3.05) is 26.2 Å². The average molecular weight is 309 g/mol. The molecule has 2 aliphatic heterocycles. The molecule has 0 saturated carbocycles. The summed E-state index contributed by atoms with van der Waals surface area (Å²) >= 11 is 3.70. The van der Waals surface area contributed by atoms with Crippen molar-refractivity contribution in [1.82, 2.24) is 10.2 Å². The first kappa shape index (κ1) is 12.6. The Bertz CT molecular complexity index is 438. The van der Waals surface area contributed by atoms with Gasteiger partial charge in [-0.25, -0.2) is 0 Å². The van der Waals surface area contributed by atoms with Gasteiger partial charge < -0.3 is 5.32 Å². The predicted molar refractivity (Wildman–Crippen MR) is 78.7 cm³/mol. The Morgan fingerprint density at radius 1 is 1.44 bits per heavy atom. The topological polar surface area (TPSA) is 15.3 Å². The lowest BCUT2D eigenvalue weighted by Gasteiger charge is -2.35. The third-order valence-corrected chi connectivity index (χ3v) is 5.10. The van der Waals surface area contributed by atoms with Crippen LogP contribution in [0, 0.1) is 5.41 Å². The molecule has 1 fully saturated rings. The van der Waals surface area contributed by atoms with Crippen molar-refractivity contribution in [3.05, 3.63) is 33.8 Å². The first-order chi connectivity index (χ1) is 8.66. The number of hydrogen-bond acceptors (Lipinski definition) is 2. The van der Waals surface area contributed by atoms with E-state index in [1.165, 1.54) is 54.6 Å². The van der Waals surface area contributed by atoms with Crippen molar-refractivity contribution < 1.29 is 0 Å². The highest BCUT2D eigenvalue weighted by Gasteiger charge is 2.31. The Hall–Kier alpha value is -0.380. The number of nitrogens with zero attached hydrogens (tertiary/aromatic N) is 1. The van der Waals surface area contributed by atoms with Crippen LogP contribution in [0.3, 0.4) is 0 Å². The minimum Gasteiger partial charge on any atom is -0.316 e. The Labute approximate surface area is 118 Å². The molecule has 0 radical (unpaired) electrons. The maximum absolute atomic E-state index is 3.70. The molecule has 0 bridgehead atoms. The summed E-state index contributed by atoms with van der Waals surface area (Å²) in [6.45, 7) is 8.31. The fraction of sp³-hybridized carbons (Fsp3) is 0.600. The minimum atomic E-state index is 0.471. The van der Waals surface area contributed by atoms with Crippen molar-refractivity contribution in [1.29, 1.82) is 0 Å². The van der Waals surface area contributed by atoms with Crippen LogP contribution in [0.2, 0.25) is 0 Å². The molecule has 3 rings (SSSR count). The standard InChI is InChI=1S/C15H21BrN2/c1-15(6-7-17-10-15)11-18-8-5-12-3-2-4-14(16)13(12)9-18/h2-4,17H,5-11H2,1H3. The van der Waals surface area contributed by atoms with Crippen LogP contribution in [0.1, 0.15) is 24.5 Å². The molecule has 98 valence electrons. The second-order valence-electron chi connectivity index (χ2n) is 6.08. The zero-order chi connectivity index (χ0) is 12.6. The molecule has 1 aromatic rings. The summed E-state index contributed by atoms with van der Waals surface area (Å²) in [5.41, 5.74) is 3.49. The van der Waals surface area contributed by atoms with Gasteiger partial charge in [0.15, 0.2) is 0 Å². The highest BCUT2D eigenvalue weighted by atomic mass is 79.9. The summed E-state index contributed by atoms with van der Waals surface area (Å²) in [7, 11) is 0. The van der Waals surface area contributed by atoms with E-state index in [0.29, 0.717) is 5.41 Å². The van der Waals surface area contributed by atoms with Gasteiger partial charge in [0.05, 0.1) is 0 Å². The van der Waals surface area contributed by atoms with Gasteiger partial charge in [-0.2, -0.15) is 0 Å². The molecule has 0 spiro atoms. The Morgan fingerprint density at radius 3 is 3.11 bits per heavy atom. The second-order valence-corrected chi connectivity index (χ2v) is 6.93. The Balaban J connectivity index is 1.73. The molecule has 1 atom stereocenters. The lowest BCUT2D eigenvalue weighted by molar-refractivity contribution is 0.164. The minimum absolute atomic E-state index is 0.471. The van der Waals surface area contributed by atoms with E-state index in [1.807, 2.05) is 0 Å². The smallest absolute Gasteiger partial charge is 0.0248 e. The molecule has 0 amide bonds. The molecule has 1 N–H and O–H groups in total. The largest absolute Gasteiger partial charge is 0.316 e. The summed E-state index contributed by atoms with van der Waals surface area (Å²) in [5.74, 6) is 0. The number of fused-ring (bicyclic) bond motifs is 1. The van der Waals surface area contributed by atoms with Crippen LogP contribution in [0.25, 0.3) is 0 Å². The van der Waals surface area contributed by atoms with E-state index < -0.39 is 0 Å². The first-order valence-electron chi connectivity index (χ1n) is 6.86. The van der Waals surface area contributed by atoms with Crippen molar-refractivity contribution >= 4 is 15.9 Å². The highest BCUT2D eigenvalue weighted by molar-refractivity contribution is 9.10. The van der Waals surface area contributed by atoms with Gasteiger partial charge in [0.2, 0.25) is 0 Å². The van der Waals surface area contributed by atoms with Crippen LogP contribution in [-0.2, 0) is 13.0 Å². The fourth-order valence-electron chi connectivity index (χ4n) is 3.27. The quantitative estimate of drug-likeness (QED) is 0.904. The van der Waals surface area contributed by atoms with Gasteiger partial charge in [0.1, 0.15) is 0 Å². The molecule has 1 saturated heterocycles. The summed E-state index contributed by atoms with van der Waals surface area (Å²) in [4.78, 5) is 2.63. The molecular formula is C15H21BrN2. The van der Waals surface area contributed by atoms with Gasteiger partial charge in [0, 0.05) is 30.7 Å². The van der Waals surface area contributed by atoms with E-state index in [1.54, 1.807) is 0 Å². The third kappa shape index (κ3) is 2.49. The molecule has 1 aromatic carbocycles. The molecule has 2 nitrogen and oxygen atoms in total. The number of nitrogens with one attached hydrogen (secondary N) is 1. The number of halogens is 1. The molecule has 2 heterocycles. The number of benzene rings is 1. The van der Waals surface area contributed by atoms with Crippen LogP contribution in [0.5, 0.6) is 0 Å². The maximum Gasteiger partial charge on any atom is 0.0248 e. The van der Waals surface area contributed by atoms with E-state index in [4.69, 9.17) is 0 Å². The zero-order valence-electron chi connectivity index (χ0n) is 11.0. The Kier molecular flexibility index (Phi) is 3.48. The summed E-state index contributed by atoms with van der Waals surface area (Å²) in [6, 6.07) is 6.60. The van der Waals surface area contributed by atoms with Gasteiger partial charge in [0.25, 0.3) is 0 Å². The van der Waals surface area contributed by atoms with Gasteiger partial charge in [-0.15, -0.1) is 0 Å². The van der Waals surface area contributed by atoms with Gasteiger partial charge >= 0.3 is 0 Å². The van der Waals surface area contributed by atoms with Crippen LogP contribution in [-0.4, -0.2) is 31.1 Å². The van der Waals surface area contributed by atoms with E-state index in [0.717, 1.165) is 6.54 Å². The number of hydrogen-bond donors (Lipinski definition) is 1. The summed E-state index contributed by atoms with van der Waals surface area (Å²) in [6.07, 6.45) is 2.50. The predicted octanol–water partition coefficient (Wildman–Crippen LogP) is 2.81. The van der Waals surface area contributed by atoms with Gasteiger partial charge in [-0.1, -0.05) is 35.0 Å². The van der Waals surface area contributed by atoms with Crippen LogP contribution >= 0.6 is 15.9 Å². The molecule has 18 heavy (non-hydrogen) atoms. The SMILES string of the molecule is CC1(CN2CCc3cccc(Br)c3C2)CCNC1. The Morgan fingerprint density at radius 2 is 2.33 bits per heavy atom.